The van der Waals surface area contributed by atoms with Crippen LogP contribution in [0.3, 0.4) is 0 Å². The fourth-order valence-corrected chi connectivity index (χ4v) is 2.45. The maximum Gasteiger partial charge on any atom is 0.0711 e. The van der Waals surface area contributed by atoms with Gasteiger partial charge in [-0.05, 0) is 41.8 Å². The van der Waals surface area contributed by atoms with E-state index in [0.29, 0.717) is 5.02 Å². The number of nitrogens with one attached hydrogen (secondary N) is 1. The van der Waals surface area contributed by atoms with Crippen molar-refractivity contribution in [1.82, 2.24) is 5.43 Å². The van der Waals surface area contributed by atoms with Crippen molar-refractivity contribution in [3.63, 3.8) is 0 Å². The third kappa shape index (κ3) is 2.93. The van der Waals surface area contributed by atoms with Gasteiger partial charge in [0, 0.05) is 9.50 Å². The molecule has 2 aromatic carbocycles. The maximum absolute atomic E-state index is 6.01. The molecule has 4 heteroatoms. The molecule has 1 atom stereocenters. The van der Waals surface area contributed by atoms with Crippen LogP contribution in [-0.4, -0.2) is 0 Å². The minimum Gasteiger partial charge on any atom is -0.271 e. The number of nitrogens with two attached hydrogens (primary N) is 1. The van der Waals surface area contributed by atoms with Crippen molar-refractivity contribution >= 4 is 27.5 Å². The summed E-state index contributed by atoms with van der Waals surface area (Å²) in [6.45, 7) is 2.05. The third-order valence-corrected chi connectivity index (χ3v) is 3.97. The molecule has 0 amide bonds. The fraction of sp³-hybridized carbons (Fsp3) is 0.143. The second-order valence-electron chi connectivity index (χ2n) is 4.16. The van der Waals surface area contributed by atoms with E-state index in [1.54, 1.807) is 0 Å². The molecule has 0 bridgehead atoms. The quantitative estimate of drug-likeness (QED) is 0.662. The van der Waals surface area contributed by atoms with Gasteiger partial charge in [0.2, 0.25) is 0 Å². The summed E-state index contributed by atoms with van der Waals surface area (Å²) in [5.74, 6) is 5.67. The SMILES string of the molecule is Cc1ccc(C(NN)c2cccc(Cl)c2)cc1Br. The maximum atomic E-state index is 6.01. The van der Waals surface area contributed by atoms with Crippen molar-refractivity contribution in [1.29, 1.82) is 0 Å². The Hall–Kier alpha value is -0.870. The number of halogens is 2. The van der Waals surface area contributed by atoms with Crippen LogP contribution in [0.5, 0.6) is 0 Å². The molecule has 0 radical (unpaired) electrons. The molecule has 0 saturated heterocycles. The van der Waals surface area contributed by atoms with E-state index in [2.05, 4.69) is 46.5 Å². The van der Waals surface area contributed by atoms with Gasteiger partial charge in [-0.1, -0.05) is 51.8 Å². The number of hydrogen-bond acceptors (Lipinski definition) is 2. The topological polar surface area (TPSA) is 38.0 Å². The summed E-state index contributed by atoms with van der Waals surface area (Å²) in [7, 11) is 0. The van der Waals surface area contributed by atoms with E-state index in [-0.39, 0.29) is 6.04 Å². The van der Waals surface area contributed by atoms with Crippen LogP contribution in [0.15, 0.2) is 46.9 Å². The van der Waals surface area contributed by atoms with Gasteiger partial charge in [0.15, 0.2) is 0 Å². The Labute approximate surface area is 120 Å². The second-order valence-corrected chi connectivity index (χ2v) is 5.45. The molecule has 3 N–H and O–H groups in total. The lowest BCUT2D eigenvalue weighted by molar-refractivity contribution is 0.636. The standard InChI is InChI=1S/C14H14BrClN2/c1-9-5-6-11(8-13(9)15)14(18-17)10-3-2-4-12(16)7-10/h2-8,14,18H,17H2,1H3. The first-order chi connectivity index (χ1) is 8.61. The van der Waals surface area contributed by atoms with Gasteiger partial charge in [0.1, 0.15) is 0 Å². The molecule has 0 heterocycles. The average molecular weight is 326 g/mol. The molecule has 0 aromatic heterocycles. The third-order valence-electron chi connectivity index (χ3n) is 2.88. The number of rotatable bonds is 3. The van der Waals surface area contributed by atoms with E-state index in [1.807, 2.05) is 24.3 Å². The highest BCUT2D eigenvalue weighted by atomic mass is 79.9. The molecule has 1 unspecified atom stereocenters. The molecule has 2 nitrogen and oxygen atoms in total. The molecule has 0 aliphatic rings. The van der Waals surface area contributed by atoms with Crippen molar-refractivity contribution in [2.24, 2.45) is 5.84 Å². The molecule has 2 aromatic rings. The van der Waals surface area contributed by atoms with Gasteiger partial charge in [-0.25, -0.2) is 5.43 Å². The van der Waals surface area contributed by atoms with Gasteiger partial charge in [-0.15, -0.1) is 0 Å². The van der Waals surface area contributed by atoms with E-state index >= 15 is 0 Å². The van der Waals surface area contributed by atoms with E-state index in [0.717, 1.165) is 15.6 Å². The van der Waals surface area contributed by atoms with Crippen LogP contribution < -0.4 is 11.3 Å². The molecular weight excluding hydrogens is 312 g/mol. The van der Waals surface area contributed by atoms with Gasteiger partial charge < -0.3 is 0 Å². The Bertz CT molecular complexity index is 557. The van der Waals surface area contributed by atoms with Gasteiger partial charge in [0.25, 0.3) is 0 Å². The minimum absolute atomic E-state index is 0.0689. The van der Waals surface area contributed by atoms with Crippen LogP contribution in [-0.2, 0) is 0 Å². The minimum atomic E-state index is -0.0689. The molecule has 0 saturated carbocycles. The first-order valence-electron chi connectivity index (χ1n) is 5.59. The Kier molecular flexibility index (Phi) is 4.40. The molecule has 0 aliphatic carbocycles. The van der Waals surface area contributed by atoms with Crippen molar-refractivity contribution in [3.8, 4) is 0 Å². The average Bonchev–Trinajstić information content (AvgIpc) is 2.35. The molecule has 0 aliphatic heterocycles. The molecule has 0 spiro atoms. The zero-order valence-electron chi connectivity index (χ0n) is 9.95. The summed E-state index contributed by atoms with van der Waals surface area (Å²) < 4.78 is 1.07. The van der Waals surface area contributed by atoms with Crippen LogP contribution in [0.2, 0.25) is 5.02 Å². The number of aryl methyl sites for hydroxylation is 1. The normalized spacial score (nSPS) is 12.4. The highest BCUT2D eigenvalue weighted by Crippen LogP contribution is 2.27. The van der Waals surface area contributed by atoms with Crippen LogP contribution in [0.1, 0.15) is 22.7 Å². The van der Waals surface area contributed by atoms with Crippen LogP contribution >= 0.6 is 27.5 Å². The number of benzene rings is 2. The van der Waals surface area contributed by atoms with Gasteiger partial charge in [-0.3, -0.25) is 5.84 Å². The van der Waals surface area contributed by atoms with Crippen molar-refractivity contribution < 1.29 is 0 Å². The lowest BCUT2D eigenvalue weighted by Crippen LogP contribution is -2.28. The van der Waals surface area contributed by atoms with E-state index in [1.165, 1.54) is 5.56 Å². The van der Waals surface area contributed by atoms with Gasteiger partial charge >= 0.3 is 0 Å². The van der Waals surface area contributed by atoms with Gasteiger partial charge in [-0.2, -0.15) is 0 Å². The van der Waals surface area contributed by atoms with Crippen molar-refractivity contribution in [2.45, 2.75) is 13.0 Å². The Morgan fingerprint density at radius 1 is 1.17 bits per heavy atom. The zero-order chi connectivity index (χ0) is 13.1. The van der Waals surface area contributed by atoms with E-state index < -0.39 is 0 Å². The Balaban J connectivity index is 2.42. The lowest BCUT2D eigenvalue weighted by Gasteiger charge is -2.18. The highest BCUT2D eigenvalue weighted by Gasteiger charge is 2.13. The summed E-state index contributed by atoms with van der Waals surface area (Å²) >= 11 is 9.55. The van der Waals surface area contributed by atoms with Crippen LogP contribution in [0.4, 0.5) is 0 Å². The summed E-state index contributed by atoms with van der Waals surface area (Å²) in [4.78, 5) is 0. The van der Waals surface area contributed by atoms with Crippen LogP contribution in [0, 0.1) is 6.92 Å². The molecular formula is C14H14BrClN2. The monoisotopic (exact) mass is 324 g/mol. The Morgan fingerprint density at radius 2 is 1.89 bits per heavy atom. The van der Waals surface area contributed by atoms with Crippen molar-refractivity contribution in [2.75, 3.05) is 0 Å². The molecule has 18 heavy (non-hydrogen) atoms. The van der Waals surface area contributed by atoms with Crippen molar-refractivity contribution in [3.05, 3.63) is 68.7 Å². The lowest BCUT2D eigenvalue weighted by atomic mass is 9.98. The first kappa shape index (κ1) is 13.6. The summed E-state index contributed by atoms with van der Waals surface area (Å²) in [6.07, 6.45) is 0. The summed E-state index contributed by atoms with van der Waals surface area (Å²) in [6, 6.07) is 13.8. The first-order valence-corrected chi connectivity index (χ1v) is 6.76. The summed E-state index contributed by atoms with van der Waals surface area (Å²) in [5.41, 5.74) is 6.16. The van der Waals surface area contributed by atoms with Gasteiger partial charge in [0.05, 0.1) is 6.04 Å². The smallest absolute Gasteiger partial charge is 0.0711 e. The predicted octanol–water partition coefficient (Wildman–Crippen LogP) is 3.96. The fourth-order valence-electron chi connectivity index (χ4n) is 1.86. The second kappa shape index (κ2) is 5.85. The van der Waals surface area contributed by atoms with E-state index in [4.69, 9.17) is 17.4 Å². The largest absolute Gasteiger partial charge is 0.271 e. The number of hydrazine groups is 1. The molecule has 0 fully saturated rings. The summed E-state index contributed by atoms with van der Waals surface area (Å²) in [5, 5.41) is 0.707. The zero-order valence-corrected chi connectivity index (χ0v) is 12.3. The predicted molar refractivity (Wildman–Crippen MR) is 79.5 cm³/mol. The molecule has 94 valence electrons. The van der Waals surface area contributed by atoms with E-state index in [9.17, 15) is 0 Å². The highest BCUT2D eigenvalue weighted by molar-refractivity contribution is 9.10. The number of hydrogen-bond donors (Lipinski definition) is 2. The Morgan fingerprint density at radius 3 is 2.50 bits per heavy atom. The van der Waals surface area contributed by atoms with Crippen LogP contribution in [0.25, 0.3) is 0 Å². The molecule has 2 rings (SSSR count).